The second kappa shape index (κ2) is 6.11. The van der Waals surface area contributed by atoms with Crippen LogP contribution in [0.2, 0.25) is 10.0 Å². The summed E-state index contributed by atoms with van der Waals surface area (Å²) in [6, 6.07) is 5.88. The van der Waals surface area contributed by atoms with Crippen LogP contribution >= 0.6 is 23.2 Å². The number of rotatable bonds is 2. The first-order chi connectivity index (χ1) is 10.5. The number of anilines is 1. The molecule has 1 aliphatic heterocycles. The van der Waals surface area contributed by atoms with Crippen molar-refractivity contribution in [3.8, 4) is 0 Å². The Morgan fingerprint density at radius 1 is 1.14 bits per heavy atom. The lowest BCUT2D eigenvalue weighted by Crippen LogP contribution is -2.42. The number of fused-ring (bicyclic) bond motifs is 1. The lowest BCUT2D eigenvalue weighted by Gasteiger charge is -2.36. The molecule has 118 valence electrons. The summed E-state index contributed by atoms with van der Waals surface area (Å²) >= 11 is 12.2. The number of nitrogens with zero attached hydrogens (tertiary/aromatic N) is 2. The molecule has 1 N–H and O–H groups in total. The molecule has 1 fully saturated rings. The minimum atomic E-state index is -0.147. The highest BCUT2D eigenvalue weighted by molar-refractivity contribution is 6.38. The lowest BCUT2D eigenvalue weighted by atomic mass is 10.0. The predicted octanol–water partition coefficient (Wildman–Crippen LogP) is 3.37. The third-order valence-electron chi connectivity index (χ3n) is 4.40. The number of halogens is 2. The molecule has 2 heterocycles. The van der Waals surface area contributed by atoms with Crippen molar-refractivity contribution in [3.05, 3.63) is 38.6 Å². The van der Waals surface area contributed by atoms with Crippen molar-refractivity contribution in [2.24, 2.45) is 0 Å². The van der Waals surface area contributed by atoms with Crippen LogP contribution in [0, 0.1) is 0 Å². The molecule has 22 heavy (non-hydrogen) atoms. The first-order valence-electron chi connectivity index (χ1n) is 7.39. The van der Waals surface area contributed by atoms with Crippen molar-refractivity contribution >= 4 is 39.8 Å². The fraction of sp³-hybridized carbons (Fsp3) is 0.438. The van der Waals surface area contributed by atoms with Gasteiger partial charge in [-0.3, -0.25) is 4.79 Å². The van der Waals surface area contributed by atoms with E-state index in [0.717, 1.165) is 37.1 Å². The fourth-order valence-corrected chi connectivity index (χ4v) is 3.62. The molecule has 0 amide bonds. The van der Waals surface area contributed by atoms with Gasteiger partial charge in [-0.2, -0.15) is 0 Å². The summed E-state index contributed by atoms with van der Waals surface area (Å²) in [5.41, 5.74) is -0.147. The van der Waals surface area contributed by atoms with Crippen LogP contribution in [-0.2, 0) is 0 Å². The molecule has 1 aromatic heterocycles. The van der Waals surface area contributed by atoms with E-state index < -0.39 is 0 Å². The quantitative estimate of drug-likeness (QED) is 0.911. The first kappa shape index (κ1) is 15.7. The van der Waals surface area contributed by atoms with E-state index in [1.54, 1.807) is 12.1 Å². The predicted molar refractivity (Wildman–Crippen MR) is 93.5 cm³/mol. The van der Waals surface area contributed by atoms with Gasteiger partial charge in [0.05, 0.1) is 10.4 Å². The Balaban J connectivity index is 1.94. The van der Waals surface area contributed by atoms with E-state index in [4.69, 9.17) is 23.2 Å². The lowest BCUT2D eigenvalue weighted by molar-refractivity contribution is 0.249. The zero-order chi connectivity index (χ0) is 15.9. The highest BCUT2D eigenvalue weighted by Gasteiger charge is 2.21. The first-order valence-corrected chi connectivity index (χ1v) is 8.15. The van der Waals surface area contributed by atoms with Gasteiger partial charge in [-0.25, -0.2) is 0 Å². The molecule has 4 nitrogen and oxygen atoms in total. The van der Waals surface area contributed by atoms with Gasteiger partial charge in [-0.05, 0) is 45.1 Å². The summed E-state index contributed by atoms with van der Waals surface area (Å²) in [5.74, 6) is 0.832. The minimum Gasteiger partial charge on any atom is -0.358 e. The molecule has 0 radical (unpaired) electrons. The second-order valence-corrected chi connectivity index (χ2v) is 6.86. The average Bonchev–Trinajstić information content (AvgIpc) is 2.48. The summed E-state index contributed by atoms with van der Waals surface area (Å²) in [4.78, 5) is 19.7. The molecule has 0 aliphatic carbocycles. The van der Waals surface area contributed by atoms with Gasteiger partial charge in [0.1, 0.15) is 5.82 Å². The molecule has 1 aliphatic rings. The molecule has 1 aromatic carbocycles. The fourth-order valence-electron chi connectivity index (χ4n) is 3.07. The molecule has 0 unspecified atom stereocenters. The molecule has 1 saturated heterocycles. The van der Waals surface area contributed by atoms with Crippen LogP contribution in [0.25, 0.3) is 10.8 Å². The van der Waals surface area contributed by atoms with E-state index in [1.807, 2.05) is 6.07 Å². The van der Waals surface area contributed by atoms with Gasteiger partial charge in [-0.15, -0.1) is 0 Å². The van der Waals surface area contributed by atoms with Crippen LogP contribution in [0.5, 0.6) is 0 Å². The molecule has 0 saturated carbocycles. The SMILES string of the molecule is CN(C)C1CCN(c2cc3c(Cl)cc(Cl)cc3c(=O)[nH]2)CC1. The number of hydrogen-bond donors (Lipinski definition) is 1. The molecule has 0 bridgehead atoms. The van der Waals surface area contributed by atoms with Crippen molar-refractivity contribution in [3.63, 3.8) is 0 Å². The van der Waals surface area contributed by atoms with Crippen LogP contribution in [0.3, 0.4) is 0 Å². The van der Waals surface area contributed by atoms with Crippen molar-refractivity contribution in [2.75, 3.05) is 32.1 Å². The number of aromatic nitrogens is 1. The molecular formula is C16H19Cl2N3O. The minimum absolute atomic E-state index is 0.147. The van der Waals surface area contributed by atoms with Gasteiger partial charge >= 0.3 is 0 Å². The summed E-state index contributed by atoms with van der Waals surface area (Å²) in [6.07, 6.45) is 2.17. The number of nitrogens with one attached hydrogen (secondary N) is 1. The summed E-state index contributed by atoms with van der Waals surface area (Å²) in [5, 5.41) is 2.27. The van der Waals surface area contributed by atoms with Gasteiger partial charge in [0.2, 0.25) is 0 Å². The molecular weight excluding hydrogens is 321 g/mol. The van der Waals surface area contributed by atoms with Crippen molar-refractivity contribution in [1.82, 2.24) is 9.88 Å². The Labute approximate surface area is 139 Å². The van der Waals surface area contributed by atoms with E-state index in [-0.39, 0.29) is 5.56 Å². The molecule has 3 rings (SSSR count). The Morgan fingerprint density at radius 3 is 2.45 bits per heavy atom. The normalized spacial score (nSPS) is 16.7. The Kier molecular flexibility index (Phi) is 4.35. The Hall–Kier alpha value is -1.23. The summed E-state index contributed by atoms with van der Waals surface area (Å²) in [7, 11) is 4.23. The number of benzene rings is 1. The molecule has 0 atom stereocenters. The molecule has 6 heteroatoms. The summed E-state index contributed by atoms with van der Waals surface area (Å²) < 4.78 is 0. The van der Waals surface area contributed by atoms with Crippen molar-refractivity contribution in [1.29, 1.82) is 0 Å². The standard InChI is InChI=1S/C16H19Cl2N3O/c1-20(2)11-3-5-21(6-4-11)15-9-12-13(16(22)19-15)7-10(17)8-14(12)18/h7-9,11H,3-6H2,1-2H3,(H,19,22). The van der Waals surface area contributed by atoms with Gasteiger partial charge in [0.15, 0.2) is 0 Å². The number of hydrogen-bond acceptors (Lipinski definition) is 3. The average molecular weight is 340 g/mol. The zero-order valence-corrected chi connectivity index (χ0v) is 14.2. The number of piperidine rings is 1. The third kappa shape index (κ3) is 2.96. The highest BCUT2D eigenvalue weighted by atomic mass is 35.5. The van der Waals surface area contributed by atoms with Gasteiger partial charge in [0.25, 0.3) is 5.56 Å². The zero-order valence-electron chi connectivity index (χ0n) is 12.7. The van der Waals surface area contributed by atoms with E-state index in [0.29, 0.717) is 21.5 Å². The smallest absolute Gasteiger partial charge is 0.257 e. The van der Waals surface area contributed by atoms with Crippen LogP contribution in [0.4, 0.5) is 5.82 Å². The van der Waals surface area contributed by atoms with Crippen LogP contribution in [-0.4, -0.2) is 43.1 Å². The van der Waals surface area contributed by atoms with Crippen molar-refractivity contribution < 1.29 is 0 Å². The molecule has 2 aromatic rings. The monoisotopic (exact) mass is 339 g/mol. The maximum atomic E-state index is 12.3. The third-order valence-corrected chi connectivity index (χ3v) is 4.93. The highest BCUT2D eigenvalue weighted by Crippen LogP contribution is 2.29. The molecule has 0 spiro atoms. The van der Waals surface area contributed by atoms with Crippen LogP contribution < -0.4 is 10.5 Å². The van der Waals surface area contributed by atoms with Gasteiger partial charge in [-0.1, -0.05) is 23.2 Å². The maximum absolute atomic E-state index is 12.3. The topological polar surface area (TPSA) is 39.3 Å². The maximum Gasteiger partial charge on any atom is 0.257 e. The Morgan fingerprint density at radius 2 is 1.82 bits per heavy atom. The van der Waals surface area contributed by atoms with Crippen molar-refractivity contribution in [2.45, 2.75) is 18.9 Å². The van der Waals surface area contributed by atoms with Gasteiger partial charge in [0, 0.05) is 29.5 Å². The largest absolute Gasteiger partial charge is 0.358 e. The van der Waals surface area contributed by atoms with Gasteiger partial charge < -0.3 is 14.8 Å². The van der Waals surface area contributed by atoms with E-state index in [9.17, 15) is 4.79 Å². The number of aromatic amines is 1. The van der Waals surface area contributed by atoms with E-state index >= 15 is 0 Å². The van der Waals surface area contributed by atoms with E-state index in [2.05, 4.69) is 28.9 Å². The number of pyridine rings is 1. The summed E-state index contributed by atoms with van der Waals surface area (Å²) in [6.45, 7) is 1.85. The van der Waals surface area contributed by atoms with E-state index in [1.165, 1.54) is 0 Å². The number of H-pyrrole nitrogens is 1. The van der Waals surface area contributed by atoms with Crippen LogP contribution in [0.15, 0.2) is 23.0 Å². The Bertz CT molecular complexity index is 749. The van der Waals surface area contributed by atoms with Crippen LogP contribution in [0.1, 0.15) is 12.8 Å². The second-order valence-electron chi connectivity index (χ2n) is 6.01.